The number of fused-ring (bicyclic) bond motifs is 2. The summed E-state index contributed by atoms with van der Waals surface area (Å²) in [5.74, 6) is 0.0442. The number of aromatic nitrogens is 6. The molecule has 14 nitrogen and oxygen atoms in total. The Kier molecular flexibility index (Phi) is 9.07. The summed E-state index contributed by atoms with van der Waals surface area (Å²) >= 11 is 0. The zero-order chi connectivity index (χ0) is 37.9. The van der Waals surface area contributed by atoms with Gasteiger partial charge < -0.3 is 15.0 Å². The maximum Gasteiger partial charge on any atom is 0.329 e. The fourth-order valence-corrected chi connectivity index (χ4v) is 8.37. The zero-order valence-electron chi connectivity index (χ0n) is 30.8. The number of imidazole rings is 1. The summed E-state index contributed by atoms with van der Waals surface area (Å²) in [5, 5.41) is 11.0. The summed E-state index contributed by atoms with van der Waals surface area (Å²) in [6.07, 6.45) is 10.2. The van der Waals surface area contributed by atoms with E-state index in [9.17, 15) is 23.6 Å². The Hall–Kier alpha value is -5.44. The van der Waals surface area contributed by atoms with Crippen LogP contribution in [0.5, 0.6) is 5.75 Å². The Bertz CT molecular complexity index is 2340. The molecular weight excluding hydrogens is 693 g/mol. The predicted octanol–water partition coefficient (Wildman–Crippen LogP) is 4.75. The lowest BCUT2D eigenvalue weighted by molar-refractivity contribution is -0.135. The Morgan fingerprint density at radius 2 is 1.85 bits per heavy atom. The van der Waals surface area contributed by atoms with Gasteiger partial charge in [-0.15, -0.1) is 0 Å². The molecule has 3 fully saturated rings. The van der Waals surface area contributed by atoms with Crippen LogP contribution in [0, 0.1) is 5.92 Å². The molecule has 1 aromatic carbocycles. The molecule has 8 rings (SSSR count). The van der Waals surface area contributed by atoms with Gasteiger partial charge in [0.25, 0.3) is 5.91 Å². The van der Waals surface area contributed by atoms with Crippen LogP contribution in [0.4, 0.5) is 10.1 Å². The number of hydrogen-bond acceptors (Lipinski definition) is 9. The van der Waals surface area contributed by atoms with Crippen molar-refractivity contribution in [3.63, 3.8) is 0 Å². The van der Waals surface area contributed by atoms with Crippen LogP contribution in [0.3, 0.4) is 0 Å². The molecule has 6 heterocycles. The lowest BCUT2D eigenvalue weighted by atomic mass is 9.83. The number of methoxy groups -OCH3 is 1. The lowest BCUT2D eigenvalue weighted by Gasteiger charge is -2.42. The average molecular weight is 738 g/mol. The van der Waals surface area contributed by atoms with Gasteiger partial charge in [-0.2, -0.15) is 5.10 Å². The summed E-state index contributed by atoms with van der Waals surface area (Å²) in [4.78, 5) is 62.0. The monoisotopic (exact) mass is 737 g/mol. The van der Waals surface area contributed by atoms with Crippen LogP contribution in [0.1, 0.15) is 92.1 Å². The van der Waals surface area contributed by atoms with Crippen molar-refractivity contribution in [1.29, 1.82) is 0 Å². The van der Waals surface area contributed by atoms with Crippen molar-refractivity contribution in [1.82, 2.24) is 39.1 Å². The third kappa shape index (κ3) is 6.54. The summed E-state index contributed by atoms with van der Waals surface area (Å²) in [6.45, 7) is 5.56. The number of alkyl halides is 1. The van der Waals surface area contributed by atoms with Crippen molar-refractivity contribution in [2.75, 3.05) is 32.1 Å². The van der Waals surface area contributed by atoms with Crippen molar-refractivity contribution in [2.24, 2.45) is 13.0 Å². The number of halogens is 1. The van der Waals surface area contributed by atoms with Gasteiger partial charge in [-0.25, -0.2) is 14.2 Å². The molecule has 4 aromatic heterocycles. The fraction of sp³-hybridized carbons (Fsp3) is 0.462. The summed E-state index contributed by atoms with van der Waals surface area (Å²) < 4.78 is 25.2. The first-order valence-corrected chi connectivity index (χ1v) is 18.5. The molecular formula is C39H44FN9O5. The highest BCUT2D eigenvalue weighted by Crippen LogP contribution is 2.38. The molecule has 282 valence electrons. The second-order valence-corrected chi connectivity index (χ2v) is 15.4. The Labute approximate surface area is 310 Å². The van der Waals surface area contributed by atoms with E-state index in [-0.39, 0.29) is 47.8 Å². The summed E-state index contributed by atoms with van der Waals surface area (Å²) in [7, 11) is 3.27. The molecule has 1 atom stereocenters. The molecule has 15 heteroatoms. The highest BCUT2D eigenvalue weighted by atomic mass is 19.1. The van der Waals surface area contributed by atoms with Gasteiger partial charge in [0.15, 0.2) is 0 Å². The number of amides is 3. The van der Waals surface area contributed by atoms with Gasteiger partial charge in [0.2, 0.25) is 11.8 Å². The first-order chi connectivity index (χ1) is 25.9. The molecule has 2 aliphatic heterocycles. The minimum atomic E-state index is -1.67. The first kappa shape index (κ1) is 35.6. The topological polar surface area (TPSA) is 158 Å². The smallest absolute Gasteiger partial charge is 0.329 e. The van der Waals surface area contributed by atoms with E-state index in [0.717, 1.165) is 67.3 Å². The standard InChI is InChI=1S/C39H44FN9O5/c1-39(2,40)33-7-5-6-27(42-33)36(51)43-29-14-23-21-48(45-28(23)15-32(29)54-4)25-10-8-22(9-11-25)18-47-19-24(20-47)26-16-41-17-31-35(26)46(3)38(53)49(31)30-12-13-34(50)44-37(30)52/h5-7,14-17,21-22,24-25,30H,8-13,18-20H2,1-4H3,(H,43,51)(H,44,50,52). The number of piperidine rings is 1. The normalized spacial score (nSPS) is 21.3. The number of ether oxygens (including phenoxy) is 1. The van der Waals surface area contributed by atoms with Gasteiger partial charge in [0, 0.05) is 68.4 Å². The number of imide groups is 1. The number of pyridine rings is 2. The third-order valence-electron chi connectivity index (χ3n) is 11.3. The van der Waals surface area contributed by atoms with Gasteiger partial charge in [0.1, 0.15) is 23.2 Å². The van der Waals surface area contributed by atoms with Gasteiger partial charge in [-0.05, 0) is 70.1 Å². The third-order valence-corrected chi connectivity index (χ3v) is 11.3. The number of nitrogens with zero attached hydrogens (tertiary/aromatic N) is 7. The molecule has 0 radical (unpaired) electrons. The zero-order valence-corrected chi connectivity index (χ0v) is 30.8. The van der Waals surface area contributed by atoms with Crippen LogP contribution in [-0.2, 0) is 22.3 Å². The lowest BCUT2D eigenvalue weighted by Crippen LogP contribution is -2.47. The number of nitrogens with one attached hydrogen (secondary N) is 2. The van der Waals surface area contributed by atoms with Crippen molar-refractivity contribution in [2.45, 2.75) is 76.0 Å². The van der Waals surface area contributed by atoms with Gasteiger partial charge in [-0.3, -0.25) is 38.5 Å². The fourth-order valence-electron chi connectivity index (χ4n) is 8.37. The Morgan fingerprint density at radius 3 is 2.57 bits per heavy atom. The van der Waals surface area contributed by atoms with Crippen LogP contribution >= 0.6 is 0 Å². The van der Waals surface area contributed by atoms with Crippen LogP contribution in [0.25, 0.3) is 21.9 Å². The van der Waals surface area contributed by atoms with Crippen LogP contribution < -0.4 is 21.1 Å². The summed E-state index contributed by atoms with van der Waals surface area (Å²) in [5.41, 5.74) is 2.03. The SMILES string of the molecule is COc1cc2nn(C3CCC(CN4CC(c5cncc6c5n(C)c(=O)n6C5CCC(=O)NC5=O)C4)CC3)cc2cc1NC(=O)c1cccc(C(C)(C)F)n1. The van der Waals surface area contributed by atoms with E-state index in [1.165, 1.54) is 18.4 Å². The number of anilines is 1. The number of rotatable bonds is 9. The number of carbonyl (C=O) groups is 3. The molecule has 0 spiro atoms. The van der Waals surface area contributed by atoms with E-state index in [1.807, 2.05) is 29.2 Å². The Morgan fingerprint density at radius 1 is 1.07 bits per heavy atom. The van der Waals surface area contributed by atoms with E-state index in [4.69, 9.17) is 9.84 Å². The molecule has 0 bridgehead atoms. The number of aryl methyl sites for hydroxylation is 1. The highest BCUT2D eigenvalue weighted by molar-refractivity contribution is 6.05. The molecule has 2 saturated heterocycles. The largest absolute Gasteiger partial charge is 0.494 e. The number of benzene rings is 1. The second-order valence-electron chi connectivity index (χ2n) is 15.4. The highest BCUT2D eigenvalue weighted by Gasteiger charge is 2.36. The molecule has 5 aromatic rings. The number of hydrogen-bond donors (Lipinski definition) is 2. The second kappa shape index (κ2) is 13.8. The van der Waals surface area contributed by atoms with Gasteiger partial charge in [-0.1, -0.05) is 6.07 Å². The average Bonchev–Trinajstić information content (AvgIpc) is 3.66. The quantitative estimate of drug-likeness (QED) is 0.204. The van der Waals surface area contributed by atoms with E-state index in [2.05, 4.69) is 25.5 Å². The number of likely N-dealkylation sites (tertiary alicyclic amines) is 1. The van der Waals surface area contributed by atoms with Crippen molar-refractivity contribution >= 4 is 45.3 Å². The van der Waals surface area contributed by atoms with Crippen LogP contribution in [0.2, 0.25) is 0 Å². The molecule has 3 amide bonds. The van der Waals surface area contributed by atoms with Gasteiger partial charge >= 0.3 is 5.69 Å². The minimum absolute atomic E-state index is 0.115. The van der Waals surface area contributed by atoms with E-state index in [0.29, 0.717) is 22.9 Å². The number of carbonyl (C=O) groups excluding carboxylic acids is 3. The molecule has 2 N–H and O–H groups in total. The summed E-state index contributed by atoms with van der Waals surface area (Å²) in [6, 6.07) is 7.93. The van der Waals surface area contributed by atoms with E-state index < -0.39 is 23.5 Å². The van der Waals surface area contributed by atoms with Crippen molar-refractivity contribution in [3.05, 3.63) is 76.4 Å². The molecule has 54 heavy (non-hydrogen) atoms. The Balaban J connectivity index is 0.888. The van der Waals surface area contributed by atoms with E-state index in [1.54, 1.807) is 43.1 Å². The minimum Gasteiger partial charge on any atom is -0.494 e. The van der Waals surface area contributed by atoms with Crippen molar-refractivity contribution in [3.8, 4) is 5.75 Å². The molecule has 1 aliphatic carbocycles. The molecule has 1 saturated carbocycles. The van der Waals surface area contributed by atoms with Crippen molar-refractivity contribution < 1.29 is 23.5 Å². The molecule has 3 aliphatic rings. The molecule has 1 unspecified atom stereocenters. The first-order valence-electron chi connectivity index (χ1n) is 18.5. The van der Waals surface area contributed by atoms with Gasteiger partial charge in [0.05, 0.1) is 47.3 Å². The van der Waals surface area contributed by atoms with E-state index >= 15 is 0 Å². The van der Waals surface area contributed by atoms with Crippen LogP contribution in [-0.4, -0.2) is 78.2 Å². The maximum absolute atomic E-state index is 14.5. The van der Waals surface area contributed by atoms with Crippen LogP contribution in [0.15, 0.2) is 53.7 Å². The maximum atomic E-state index is 14.5. The predicted molar refractivity (Wildman–Crippen MR) is 199 cm³/mol.